The number of nitrogens with one attached hydrogen (secondary N) is 1. The first-order chi connectivity index (χ1) is 15.7. The summed E-state index contributed by atoms with van der Waals surface area (Å²) in [7, 11) is 0. The molecule has 1 N–H and O–H groups in total. The van der Waals surface area contributed by atoms with Crippen molar-refractivity contribution in [3.63, 3.8) is 0 Å². The first-order valence-corrected chi connectivity index (χ1v) is 10.2. The molecule has 1 amide bonds. The molecule has 0 saturated carbocycles. The number of nitrogens with zero attached hydrogens (tertiary/aromatic N) is 3. The van der Waals surface area contributed by atoms with Crippen molar-refractivity contribution < 1.29 is 22.4 Å². The number of alkyl halides is 3. The lowest BCUT2D eigenvalue weighted by Crippen LogP contribution is -2.40. The van der Waals surface area contributed by atoms with Crippen LogP contribution < -0.4 is 0 Å². The van der Waals surface area contributed by atoms with E-state index in [0.29, 0.717) is 11.4 Å². The molecular weight excluding hydrogens is 436 g/mol. The number of benzene rings is 2. The first kappa shape index (κ1) is 22.4. The van der Waals surface area contributed by atoms with Gasteiger partial charge in [0.15, 0.2) is 0 Å². The molecule has 0 radical (unpaired) electrons. The third-order valence-electron chi connectivity index (χ3n) is 5.24. The minimum absolute atomic E-state index is 0.0737. The lowest BCUT2D eigenvalue weighted by Gasteiger charge is -2.25. The zero-order chi connectivity index (χ0) is 23.6. The molecule has 2 heterocycles. The van der Waals surface area contributed by atoms with Gasteiger partial charge in [-0.1, -0.05) is 18.2 Å². The van der Waals surface area contributed by atoms with E-state index in [-0.39, 0.29) is 24.2 Å². The Bertz CT molecular complexity index is 1280. The van der Waals surface area contributed by atoms with Crippen LogP contribution in [-0.4, -0.2) is 45.0 Å². The van der Waals surface area contributed by atoms with E-state index in [4.69, 9.17) is 0 Å². The second-order valence-corrected chi connectivity index (χ2v) is 7.64. The number of H-pyrrole nitrogens is 1. The van der Waals surface area contributed by atoms with E-state index in [2.05, 4.69) is 15.0 Å². The highest BCUT2D eigenvalue weighted by Crippen LogP contribution is 2.26. The van der Waals surface area contributed by atoms with Crippen molar-refractivity contribution in [2.24, 2.45) is 0 Å². The number of para-hydroxylation sites is 1. The van der Waals surface area contributed by atoms with E-state index in [1.54, 1.807) is 13.1 Å². The maximum absolute atomic E-state index is 13.4. The SMILES string of the molecule is Cc1ncc(C(=O)N(CCc2c[nH]c3ccccc23)CC(F)(F)F)c(-c2ccc(F)cc2)n1. The van der Waals surface area contributed by atoms with Crippen LogP contribution in [0, 0.1) is 12.7 Å². The Morgan fingerprint density at radius 3 is 2.55 bits per heavy atom. The summed E-state index contributed by atoms with van der Waals surface area (Å²) in [6, 6.07) is 12.7. The van der Waals surface area contributed by atoms with Crippen LogP contribution in [0.4, 0.5) is 17.6 Å². The Kier molecular flexibility index (Phi) is 6.13. The van der Waals surface area contributed by atoms with E-state index in [9.17, 15) is 22.4 Å². The second-order valence-electron chi connectivity index (χ2n) is 7.64. The van der Waals surface area contributed by atoms with Crippen LogP contribution in [0.15, 0.2) is 60.9 Å². The molecular formula is C24H20F4N4O. The summed E-state index contributed by atoms with van der Waals surface area (Å²) in [5.41, 5.74) is 2.17. The van der Waals surface area contributed by atoms with Gasteiger partial charge in [0.25, 0.3) is 5.91 Å². The largest absolute Gasteiger partial charge is 0.406 e. The van der Waals surface area contributed by atoms with Gasteiger partial charge in [-0.3, -0.25) is 4.79 Å². The Morgan fingerprint density at radius 1 is 1.09 bits per heavy atom. The number of carbonyl (C=O) groups excluding carboxylic acids is 1. The molecule has 0 saturated heterocycles. The lowest BCUT2D eigenvalue weighted by atomic mass is 10.1. The molecule has 2 aromatic carbocycles. The minimum Gasteiger partial charge on any atom is -0.361 e. The van der Waals surface area contributed by atoms with Crippen molar-refractivity contribution >= 4 is 16.8 Å². The molecule has 170 valence electrons. The quantitative estimate of drug-likeness (QED) is 0.400. The smallest absolute Gasteiger partial charge is 0.361 e. The number of aryl methyl sites for hydroxylation is 1. The van der Waals surface area contributed by atoms with E-state index < -0.39 is 24.4 Å². The van der Waals surface area contributed by atoms with Crippen molar-refractivity contribution in [1.29, 1.82) is 0 Å². The van der Waals surface area contributed by atoms with Gasteiger partial charge in [-0.05, 0) is 49.2 Å². The summed E-state index contributed by atoms with van der Waals surface area (Å²) in [4.78, 5) is 25.4. The molecule has 2 aromatic heterocycles. The average Bonchev–Trinajstić information content (AvgIpc) is 3.19. The van der Waals surface area contributed by atoms with Crippen molar-refractivity contribution in [1.82, 2.24) is 19.9 Å². The van der Waals surface area contributed by atoms with Gasteiger partial charge in [0.2, 0.25) is 0 Å². The number of rotatable bonds is 6. The Labute approximate surface area is 187 Å². The summed E-state index contributed by atoms with van der Waals surface area (Å²) >= 11 is 0. The molecule has 0 atom stereocenters. The van der Waals surface area contributed by atoms with Gasteiger partial charge in [-0.25, -0.2) is 14.4 Å². The molecule has 4 rings (SSSR count). The number of hydrogen-bond acceptors (Lipinski definition) is 3. The number of carbonyl (C=O) groups is 1. The standard InChI is InChI=1S/C24H20F4N4O/c1-15-29-13-20(22(31-15)16-6-8-18(25)9-7-16)23(33)32(14-24(26,27)28)11-10-17-12-30-21-5-3-2-4-19(17)21/h2-9,12-13,30H,10-11,14H2,1H3. The van der Waals surface area contributed by atoms with Crippen molar-refractivity contribution in [3.8, 4) is 11.3 Å². The number of aromatic nitrogens is 3. The fourth-order valence-corrected chi connectivity index (χ4v) is 3.69. The normalized spacial score (nSPS) is 11.7. The molecule has 0 aliphatic heterocycles. The van der Waals surface area contributed by atoms with Gasteiger partial charge in [-0.2, -0.15) is 13.2 Å². The van der Waals surface area contributed by atoms with Gasteiger partial charge in [0, 0.05) is 35.4 Å². The van der Waals surface area contributed by atoms with Crippen molar-refractivity contribution in [2.75, 3.05) is 13.1 Å². The third-order valence-corrected chi connectivity index (χ3v) is 5.24. The molecule has 33 heavy (non-hydrogen) atoms. The van der Waals surface area contributed by atoms with E-state index >= 15 is 0 Å². The topological polar surface area (TPSA) is 61.9 Å². The van der Waals surface area contributed by atoms with Crippen LogP contribution in [0.25, 0.3) is 22.2 Å². The Morgan fingerprint density at radius 2 is 1.82 bits per heavy atom. The fourth-order valence-electron chi connectivity index (χ4n) is 3.69. The summed E-state index contributed by atoms with van der Waals surface area (Å²) < 4.78 is 53.4. The molecule has 0 aliphatic rings. The maximum Gasteiger partial charge on any atom is 0.406 e. The van der Waals surface area contributed by atoms with Crippen LogP contribution in [0.2, 0.25) is 0 Å². The number of halogens is 4. The highest BCUT2D eigenvalue weighted by atomic mass is 19.4. The number of aromatic amines is 1. The fraction of sp³-hybridized carbons (Fsp3) is 0.208. The zero-order valence-corrected chi connectivity index (χ0v) is 17.7. The Balaban J connectivity index is 1.66. The molecule has 5 nitrogen and oxygen atoms in total. The van der Waals surface area contributed by atoms with Gasteiger partial charge in [0.1, 0.15) is 18.2 Å². The molecule has 9 heteroatoms. The zero-order valence-electron chi connectivity index (χ0n) is 17.7. The average molecular weight is 456 g/mol. The highest BCUT2D eigenvalue weighted by Gasteiger charge is 2.34. The van der Waals surface area contributed by atoms with E-state index in [1.165, 1.54) is 30.5 Å². The van der Waals surface area contributed by atoms with Crippen molar-refractivity contribution in [2.45, 2.75) is 19.5 Å². The van der Waals surface area contributed by atoms with Crippen molar-refractivity contribution in [3.05, 3.63) is 83.7 Å². The molecule has 0 spiro atoms. The molecule has 4 aromatic rings. The van der Waals surface area contributed by atoms with Crippen LogP contribution >= 0.6 is 0 Å². The highest BCUT2D eigenvalue weighted by molar-refractivity contribution is 5.99. The molecule has 0 aliphatic carbocycles. The van der Waals surface area contributed by atoms with E-state index in [1.807, 2.05) is 24.3 Å². The Hall–Kier alpha value is -3.75. The summed E-state index contributed by atoms with van der Waals surface area (Å²) in [5, 5.41) is 0.891. The van der Waals surface area contributed by atoms with Crippen LogP contribution in [-0.2, 0) is 6.42 Å². The van der Waals surface area contributed by atoms with Gasteiger partial charge >= 0.3 is 6.18 Å². The molecule has 0 bridgehead atoms. The van der Waals surface area contributed by atoms with Gasteiger partial charge in [0.05, 0.1) is 11.3 Å². The summed E-state index contributed by atoms with van der Waals surface area (Å²) in [6.07, 6.45) is -1.40. The first-order valence-electron chi connectivity index (χ1n) is 10.2. The monoisotopic (exact) mass is 456 g/mol. The van der Waals surface area contributed by atoms with Gasteiger partial charge < -0.3 is 9.88 Å². The van der Waals surface area contributed by atoms with Crippen LogP contribution in [0.3, 0.4) is 0 Å². The third kappa shape index (κ3) is 5.19. The van der Waals surface area contributed by atoms with Crippen LogP contribution in [0.1, 0.15) is 21.7 Å². The lowest BCUT2D eigenvalue weighted by molar-refractivity contribution is -0.140. The summed E-state index contributed by atoms with van der Waals surface area (Å²) in [6.45, 7) is 0.0353. The number of amides is 1. The number of hydrogen-bond donors (Lipinski definition) is 1. The molecule has 0 fully saturated rings. The summed E-state index contributed by atoms with van der Waals surface area (Å²) in [5.74, 6) is -0.978. The minimum atomic E-state index is -4.59. The predicted octanol–water partition coefficient (Wildman–Crippen LogP) is 5.32. The maximum atomic E-state index is 13.4. The second kappa shape index (κ2) is 9.01. The number of fused-ring (bicyclic) bond motifs is 1. The van der Waals surface area contributed by atoms with Crippen LogP contribution in [0.5, 0.6) is 0 Å². The predicted molar refractivity (Wildman–Crippen MR) is 116 cm³/mol. The molecule has 0 unspecified atom stereocenters. The van der Waals surface area contributed by atoms with Gasteiger partial charge in [-0.15, -0.1) is 0 Å². The van der Waals surface area contributed by atoms with E-state index in [0.717, 1.165) is 21.4 Å².